The minimum absolute atomic E-state index is 0.286. The zero-order valence-corrected chi connectivity index (χ0v) is 14.6. The number of halogens is 3. The first-order valence-corrected chi connectivity index (χ1v) is 8.04. The molecule has 0 spiro atoms. The van der Waals surface area contributed by atoms with E-state index in [-0.39, 0.29) is 6.42 Å². The highest BCUT2D eigenvalue weighted by atomic mass is 19.4. The monoisotopic (exact) mass is 370 g/mol. The molecule has 1 aromatic rings. The van der Waals surface area contributed by atoms with Crippen LogP contribution >= 0.6 is 0 Å². The Morgan fingerprint density at radius 2 is 1.96 bits per heavy atom. The van der Waals surface area contributed by atoms with Crippen LogP contribution < -0.4 is 4.74 Å². The van der Waals surface area contributed by atoms with Crippen LogP contribution in [0.15, 0.2) is 42.5 Å². The van der Waals surface area contributed by atoms with E-state index in [0.717, 1.165) is 18.1 Å². The Morgan fingerprint density at radius 1 is 1.31 bits per heavy atom. The van der Waals surface area contributed by atoms with E-state index in [1.54, 1.807) is 6.92 Å². The van der Waals surface area contributed by atoms with Crippen molar-refractivity contribution in [3.63, 3.8) is 0 Å². The second-order valence-electron chi connectivity index (χ2n) is 5.87. The Balaban J connectivity index is 2.91. The summed E-state index contributed by atoms with van der Waals surface area (Å²) in [6, 6.07) is 1.92. The summed E-state index contributed by atoms with van der Waals surface area (Å²) < 4.78 is 43.4. The number of hydrogen-bond donors (Lipinski definition) is 1. The summed E-state index contributed by atoms with van der Waals surface area (Å²) in [5.74, 6) is -3.59. The second kappa shape index (κ2) is 9.22. The lowest BCUT2D eigenvalue weighted by Gasteiger charge is -2.15. The van der Waals surface area contributed by atoms with E-state index in [1.165, 1.54) is 0 Å². The second-order valence-corrected chi connectivity index (χ2v) is 5.87. The van der Waals surface area contributed by atoms with Gasteiger partial charge in [0.2, 0.25) is 0 Å². The molecule has 1 atom stereocenters. The van der Waals surface area contributed by atoms with Gasteiger partial charge in [0.15, 0.2) is 0 Å². The minimum atomic E-state index is -4.68. The van der Waals surface area contributed by atoms with Gasteiger partial charge in [-0.15, -0.1) is 0 Å². The van der Waals surface area contributed by atoms with Gasteiger partial charge in [-0.2, -0.15) is 13.2 Å². The number of carboxylic acids is 1. The van der Waals surface area contributed by atoms with Gasteiger partial charge < -0.3 is 9.84 Å². The Hall–Kier alpha value is -2.57. The fourth-order valence-corrected chi connectivity index (χ4v) is 2.19. The van der Waals surface area contributed by atoms with Gasteiger partial charge in [0.25, 0.3) is 0 Å². The third-order valence-corrected chi connectivity index (χ3v) is 3.56. The summed E-state index contributed by atoms with van der Waals surface area (Å²) in [7, 11) is 0. The SMILES string of the molecule is C=C(C/C=C\CC)CC(C)C(=O)Oc1cc(C(F)(F)F)ccc1C(=O)O. The van der Waals surface area contributed by atoms with Crippen LogP contribution in [0.2, 0.25) is 0 Å². The van der Waals surface area contributed by atoms with Gasteiger partial charge in [0, 0.05) is 0 Å². The largest absolute Gasteiger partial charge is 0.478 e. The number of esters is 1. The van der Waals surface area contributed by atoms with Gasteiger partial charge in [-0.1, -0.05) is 38.2 Å². The predicted molar refractivity (Wildman–Crippen MR) is 91.0 cm³/mol. The fourth-order valence-electron chi connectivity index (χ4n) is 2.19. The molecule has 0 radical (unpaired) electrons. The average Bonchev–Trinajstić information content (AvgIpc) is 2.53. The zero-order valence-electron chi connectivity index (χ0n) is 14.6. The minimum Gasteiger partial charge on any atom is -0.478 e. The molecule has 1 aromatic carbocycles. The number of rotatable bonds is 8. The number of carboxylic acid groups (broad SMARTS) is 1. The van der Waals surface area contributed by atoms with Crippen LogP contribution in [-0.4, -0.2) is 17.0 Å². The van der Waals surface area contributed by atoms with Crippen LogP contribution in [0.3, 0.4) is 0 Å². The number of aromatic carboxylic acids is 1. The summed E-state index contributed by atoms with van der Waals surface area (Å²) >= 11 is 0. The Morgan fingerprint density at radius 3 is 2.50 bits per heavy atom. The summed E-state index contributed by atoms with van der Waals surface area (Å²) in [6.07, 6.45) is 0.928. The molecule has 0 heterocycles. The molecule has 0 aliphatic carbocycles. The number of alkyl halides is 3. The highest BCUT2D eigenvalue weighted by molar-refractivity contribution is 5.92. The van der Waals surface area contributed by atoms with Crippen LogP contribution in [0.4, 0.5) is 13.2 Å². The molecular formula is C19H21F3O4. The average molecular weight is 370 g/mol. The summed E-state index contributed by atoms with van der Waals surface area (Å²) in [5, 5.41) is 9.08. The van der Waals surface area contributed by atoms with E-state index < -0.39 is 40.9 Å². The lowest BCUT2D eigenvalue weighted by molar-refractivity contribution is -0.140. The molecule has 7 heteroatoms. The zero-order chi connectivity index (χ0) is 19.9. The lowest BCUT2D eigenvalue weighted by atomic mass is 10.00. The molecule has 1 rings (SSSR count). The van der Waals surface area contributed by atoms with E-state index in [1.807, 2.05) is 19.1 Å². The first-order chi connectivity index (χ1) is 12.1. The molecule has 0 bridgehead atoms. The number of benzene rings is 1. The van der Waals surface area contributed by atoms with E-state index in [9.17, 15) is 22.8 Å². The molecule has 0 aromatic heterocycles. The molecule has 1 unspecified atom stereocenters. The molecular weight excluding hydrogens is 349 g/mol. The molecule has 1 N–H and O–H groups in total. The van der Waals surface area contributed by atoms with Crippen molar-refractivity contribution in [1.82, 2.24) is 0 Å². The number of hydrogen-bond acceptors (Lipinski definition) is 3. The molecule has 4 nitrogen and oxygen atoms in total. The van der Waals surface area contributed by atoms with Crippen LogP contribution in [0.1, 0.15) is 49.0 Å². The first kappa shape index (κ1) is 21.5. The van der Waals surface area contributed by atoms with Crippen molar-refractivity contribution in [2.75, 3.05) is 0 Å². The van der Waals surface area contributed by atoms with Crippen molar-refractivity contribution in [3.05, 3.63) is 53.6 Å². The van der Waals surface area contributed by atoms with Gasteiger partial charge in [-0.05, 0) is 37.5 Å². The molecule has 0 aliphatic heterocycles. The number of ether oxygens (including phenoxy) is 1. The van der Waals surface area contributed by atoms with Crippen LogP contribution in [0.5, 0.6) is 5.75 Å². The van der Waals surface area contributed by atoms with E-state index in [0.29, 0.717) is 18.6 Å². The third-order valence-electron chi connectivity index (χ3n) is 3.56. The number of carbonyl (C=O) groups excluding carboxylic acids is 1. The van der Waals surface area contributed by atoms with E-state index in [4.69, 9.17) is 9.84 Å². The third kappa shape index (κ3) is 6.38. The van der Waals surface area contributed by atoms with Crippen molar-refractivity contribution < 1.29 is 32.6 Å². The van der Waals surface area contributed by atoms with Crippen LogP contribution in [-0.2, 0) is 11.0 Å². The van der Waals surface area contributed by atoms with Crippen molar-refractivity contribution >= 4 is 11.9 Å². The normalized spacial score (nSPS) is 12.8. The molecule has 0 amide bonds. The van der Waals surface area contributed by atoms with Crippen LogP contribution in [0.25, 0.3) is 0 Å². The predicted octanol–water partition coefficient (Wildman–Crippen LogP) is 5.25. The fraction of sp³-hybridized carbons (Fsp3) is 0.368. The quantitative estimate of drug-likeness (QED) is 0.386. The molecule has 0 saturated carbocycles. The van der Waals surface area contributed by atoms with Crippen molar-refractivity contribution in [2.45, 2.75) is 39.3 Å². The number of allylic oxidation sites excluding steroid dienone is 3. The molecule has 26 heavy (non-hydrogen) atoms. The lowest BCUT2D eigenvalue weighted by Crippen LogP contribution is -2.20. The summed E-state index contributed by atoms with van der Waals surface area (Å²) in [6.45, 7) is 7.37. The Labute approximate surface area is 150 Å². The summed E-state index contributed by atoms with van der Waals surface area (Å²) in [5.41, 5.74) is -0.836. The standard InChI is InChI=1S/C19H21F3O4/c1-4-5-6-7-12(2)10-13(3)18(25)26-16-11-14(19(20,21)22)8-9-15(16)17(23)24/h5-6,8-9,11,13H,2,4,7,10H2,1,3H3,(H,23,24)/b6-5-. The highest BCUT2D eigenvalue weighted by Crippen LogP contribution is 2.33. The maximum atomic E-state index is 12.8. The van der Waals surface area contributed by atoms with Gasteiger partial charge >= 0.3 is 18.1 Å². The number of carbonyl (C=O) groups is 2. The van der Waals surface area contributed by atoms with Gasteiger partial charge in [0.05, 0.1) is 11.5 Å². The Bertz CT molecular complexity index is 705. The molecule has 0 aliphatic rings. The van der Waals surface area contributed by atoms with Gasteiger partial charge in [0.1, 0.15) is 11.3 Å². The first-order valence-electron chi connectivity index (χ1n) is 8.04. The molecule has 142 valence electrons. The molecule has 0 saturated heterocycles. The maximum absolute atomic E-state index is 12.8. The smallest absolute Gasteiger partial charge is 0.416 e. The molecule has 0 fully saturated rings. The highest BCUT2D eigenvalue weighted by Gasteiger charge is 2.32. The van der Waals surface area contributed by atoms with Crippen molar-refractivity contribution in [2.24, 2.45) is 5.92 Å². The van der Waals surface area contributed by atoms with Crippen molar-refractivity contribution in [1.29, 1.82) is 0 Å². The maximum Gasteiger partial charge on any atom is 0.416 e. The summed E-state index contributed by atoms with van der Waals surface area (Å²) in [4.78, 5) is 23.3. The van der Waals surface area contributed by atoms with Crippen molar-refractivity contribution in [3.8, 4) is 5.75 Å². The Kier molecular flexibility index (Phi) is 7.61. The van der Waals surface area contributed by atoms with Gasteiger partial charge in [-0.25, -0.2) is 4.79 Å². The topological polar surface area (TPSA) is 63.6 Å². The van der Waals surface area contributed by atoms with Gasteiger partial charge in [-0.3, -0.25) is 4.79 Å². The van der Waals surface area contributed by atoms with Crippen LogP contribution in [0, 0.1) is 5.92 Å². The van der Waals surface area contributed by atoms with E-state index >= 15 is 0 Å². The van der Waals surface area contributed by atoms with E-state index in [2.05, 4.69) is 6.58 Å².